The number of halogens is 1. The van der Waals surface area contributed by atoms with Crippen molar-refractivity contribution in [1.82, 2.24) is 0 Å². The normalized spacial score (nSPS) is 17.6. The van der Waals surface area contributed by atoms with E-state index in [4.69, 9.17) is 11.6 Å². The lowest BCUT2D eigenvalue weighted by Crippen LogP contribution is -2.30. The van der Waals surface area contributed by atoms with E-state index < -0.39 is 5.79 Å². The third kappa shape index (κ3) is 2.35. The Labute approximate surface area is 100 Å². The zero-order chi connectivity index (χ0) is 10.9. The van der Waals surface area contributed by atoms with Crippen LogP contribution in [0, 0.1) is 0 Å². The molecule has 1 aromatic rings. The molecule has 0 unspecified atom stereocenters. The van der Waals surface area contributed by atoms with Gasteiger partial charge in [0.1, 0.15) is 0 Å². The van der Waals surface area contributed by atoms with Gasteiger partial charge in [-0.05, 0) is 6.07 Å². The Hall–Kier alpha value is -1.09. The maximum absolute atomic E-state index is 9.79. The van der Waals surface area contributed by atoms with Gasteiger partial charge in [-0.2, -0.15) is 0 Å². The number of allylic oxidation sites excluding steroid dienone is 2. The van der Waals surface area contributed by atoms with E-state index in [1.165, 1.54) is 0 Å². The zero-order valence-electron chi connectivity index (χ0n) is 8.02. The van der Waals surface area contributed by atoms with Gasteiger partial charge in [0.05, 0.1) is 0 Å². The quantitative estimate of drug-likeness (QED) is 0.739. The van der Waals surface area contributed by atoms with Crippen molar-refractivity contribution in [3.8, 4) is 0 Å². The molecule has 0 spiro atoms. The van der Waals surface area contributed by atoms with Crippen molar-refractivity contribution in [3.05, 3.63) is 53.1 Å². The molecular formula is C13H15ClO2. The second kappa shape index (κ2) is 4.83. The lowest BCUT2D eigenvalue weighted by Gasteiger charge is -2.26. The van der Waals surface area contributed by atoms with E-state index in [9.17, 15) is 10.2 Å². The maximum Gasteiger partial charge on any atom is 0.193 e. The smallest absolute Gasteiger partial charge is 0.193 e. The van der Waals surface area contributed by atoms with Gasteiger partial charge < -0.3 is 10.2 Å². The van der Waals surface area contributed by atoms with Crippen LogP contribution in [0.5, 0.6) is 0 Å². The highest BCUT2D eigenvalue weighted by molar-refractivity contribution is 6.32. The van der Waals surface area contributed by atoms with Crippen LogP contribution < -0.4 is 0 Å². The van der Waals surface area contributed by atoms with Crippen molar-refractivity contribution in [2.24, 2.45) is 0 Å². The first-order valence-electron chi connectivity index (χ1n) is 4.68. The average molecular weight is 239 g/mol. The average Bonchev–Trinajstić information content (AvgIpc) is 2.19. The molecule has 1 aliphatic rings. The van der Waals surface area contributed by atoms with Crippen LogP contribution in [0.1, 0.15) is 19.4 Å². The molecule has 16 heavy (non-hydrogen) atoms. The van der Waals surface area contributed by atoms with E-state index >= 15 is 0 Å². The van der Waals surface area contributed by atoms with Gasteiger partial charge in [-0.15, -0.1) is 0 Å². The number of rotatable bonds is 1. The molecule has 0 heterocycles. The molecule has 0 aromatic heterocycles. The van der Waals surface area contributed by atoms with Crippen molar-refractivity contribution in [2.75, 3.05) is 0 Å². The molecule has 1 aliphatic carbocycles. The Morgan fingerprint density at radius 3 is 2.50 bits per heavy atom. The molecule has 86 valence electrons. The summed E-state index contributed by atoms with van der Waals surface area (Å²) in [6.07, 6.45) is 5.36. The highest BCUT2D eigenvalue weighted by atomic mass is 35.5. The molecule has 2 N–H and O–H groups in total. The molecule has 2 nitrogen and oxygen atoms in total. The standard InChI is InChI=1S/C12H11ClO2.CH4/c13-11-7-2-1-5-9(11)10-6-3-4-8-12(10,14)15;/h1-7,14-15H,8H2;1H4. The molecule has 0 bridgehead atoms. The van der Waals surface area contributed by atoms with Crippen LogP contribution in [0.3, 0.4) is 0 Å². The Morgan fingerprint density at radius 1 is 1.19 bits per heavy atom. The first-order valence-corrected chi connectivity index (χ1v) is 5.06. The lowest BCUT2D eigenvalue weighted by atomic mass is 9.91. The van der Waals surface area contributed by atoms with E-state index in [0.717, 1.165) is 0 Å². The molecule has 0 atom stereocenters. The fraction of sp³-hybridized carbons (Fsp3) is 0.231. The Bertz CT molecular complexity index is 433. The van der Waals surface area contributed by atoms with E-state index in [-0.39, 0.29) is 13.8 Å². The van der Waals surface area contributed by atoms with Gasteiger partial charge in [-0.3, -0.25) is 0 Å². The van der Waals surface area contributed by atoms with Gasteiger partial charge in [0.25, 0.3) is 0 Å². The van der Waals surface area contributed by atoms with Crippen LogP contribution in [0.25, 0.3) is 5.57 Å². The summed E-state index contributed by atoms with van der Waals surface area (Å²) in [6, 6.07) is 7.12. The summed E-state index contributed by atoms with van der Waals surface area (Å²) in [7, 11) is 0. The molecule has 0 saturated carbocycles. The molecule has 0 aliphatic heterocycles. The molecule has 0 amide bonds. The predicted octanol–water partition coefficient (Wildman–Crippen LogP) is 3.00. The third-order valence-electron chi connectivity index (χ3n) is 2.40. The monoisotopic (exact) mass is 238 g/mol. The van der Waals surface area contributed by atoms with Gasteiger partial charge in [0, 0.05) is 22.6 Å². The molecule has 0 saturated heterocycles. The molecule has 0 radical (unpaired) electrons. The van der Waals surface area contributed by atoms with E-state index in [0.29, 0.717) is 16.2 Å². The molecule has 1 aromatic carbocycles. The summed E-state index contributed by atoms with van der Waals surface area (Å²) in [5, 5.41) is 20.1. The van der Waals surface area contributed by atoms with Gasteiger partial charge in [0.2, 0.25) is 0 Å². The van der Waals surface area contributed by atoms with E-state index in [1.807, 2.05) is 12.1 Å². The minimum atomic E-state index is -1.82. The van der Waals surface area contributed by atoms with Crippen LogP contribution in [0.15, 0.2) is 42.5 Å². The molecule has 2 rings (SSSR count). The summed E-state index contributed by atoms with van der Waals surface area (Å²) in [5.74, 6) is -1.82. The number of aliphatic hydroxyl groups is 2. The van der Waals surface area contributed by atoms with Crippen LogP contribution >= 0.6 is 11.6 Å². The number of hydrogen-bond acceptors (Lipinski definition) is 2. The van der Waals surface area contributed by atoms with Crippen LogP contribution in [0.4, 0.5) is 0 Å². The van der Waals surface area contributed by atoms with Crippen molar-refractivity contribution >= 4 is 17.2 Å². The number of hydrogen-bond donors (Lipinski definition) is 2. The highest BCUT2D eigenvalue weighted by Gasteiger charge is 2.30. The number of benzene rings is 1. The lowest BCUT2D eigenvalue weighted by molar-refractivity contribution is -0.105. The first-order chi connectivity index (χ1) is 7.11. The highest BCUT2D eigenvalue weighted by Crippen LogP contribution is 2.34. The summed E-state index contributed by atoms with van der Waals surface area (Å²) >= 11 is 6.00. The molecular weight excluding hydrogens is 224 g/mol. The SMILES string of the molecule is C.OC1(O)CC=CC=C1c1ccccc1Cl. The summed E-state index contributed by atoms with van der Waals surface area (Å²) < 4.78 is 0. The fourth-order valence-electron chi connectivity index (χ4n) is 1.63. The Morgan fingerprint density at radius 2 is 1.88 bits per heavy atom. The molecule has 0 fully saturated rings. The Kier molecular flexibility index (Phi) is 3.92. The van der Waals surface area contributed by atoms with Crippen LogP contribution in [-0.4, -0.2) is 16.0 Å². The van der Waals surface area contributed by atoms with E-state index in [2.05, 4.69) is 0 Å². The van der Waals surface area contributed by atoms with Crippen molar-refractivity contribution in [1.29, 1.82) is 0 Å². The maximum atomic E-state index is 9.79. The third-order valence-corrected chi connectivity index (χ3v) is 2.73. The van der Waals surface area contributed by atoms with Crippen LogP contribution in [0.2, 0.25) is 5.02 Å². The van der Waals surface area contributed by atoms with Gasteiger partial charge in [-0.1, -0.05) is 55.5 Å². The minimum Gasteiger partial charge on any atom is -0.362 e. The Balaban J connectivity index is 0.00000128. The first kappa shape index (κ1) is 13.0. The second-order valence-electron chi connectivity index (χ2n) is 3.51. The zero-order valence-corrected chi connectivity index (χ0v) is 8.78. The van der Waals surface area contributed by atoms with E-state index in [1.54, 1.807) is 30.4 Å². The fourth-order valence-corrected chi connectivity index (χ4v) is 1.86. The molecule has 3 heteroatoms. The van der Waals surface area contributed by atoms with Crippen LogP contribution in [-0.2, 0) is 0 Å². The summed E-state index contributed by atoms with van der Waals surface area (Å²) in [5.41, 5.74) is 1.10. The summed E-state index contributed by atoms with van der Waals surface area (Å²) in [4.78, 5) is 0. The van der Waals surface area contributed by atoms with Crippen molar-refractivity contribution in [2.45, 2.75) is 19.6 Å². The summed E-state index contributed by atoms with van der Waals surface area (Å²) in [6.45, 7) is 0. The topological polar surface area (TPSA) is 40.5 Å². The predicted molar refractivity (Wildman–Crippen MR) is 67.1 cm³/mol. The van der Waals surface area contributed by atoms with Gasteiger partial charge in [-0.25, -0.2) is 0 Å². The van der Waals surface area contributed by atoms with Crippen molar-refractivity contribution in [3.63, 3.8) is 0 Å². The van der Waals surface area contributed by atoms with Crippen molar-refractivity contribution < 1.29 is 10.2 Å². The largest absolute Gasteiger partial charge is 0.362 e. The van der Waals surface area contributed by atoms with Gasteiger partial charge in [0.15, 0.2) is 5.79 Å². The van der Waals surface area contributed by atoms with Gasteiger partial charge >= 0.3 is 0 Å². The second-order valence-corrected chi connectivity index (χ2v) is 3.92. The minimum absolute atomic E-state index is 0.